The van der Waals surface area contributed by atoms with Gasteiger partial charge in [0.05, 0.1) is 21.8 Å². The average Bonchev–Trinajstić information content (AvgIpc) is 2.79. The third kappa shape index (κ3) is 2.20. The van der Waals surface area contributed by atoms with Gasteiger partial charge in [0, 0.05) is 17.1 Å². The van der Waals surface area contributed by atoms with Crippen molar-refractivity contribution in [3.63, 3.8) is 0 Å². The zero-order chi connectivity index (χ0) is 13.6. The number of hydrogen-bond donors (Lipinski definition) is 1. The zero-order valence-electron chi connectivity index (χ0n) is 10.5. The van der Waals surface area contributed by atoms with Crippen LogP contribution in [0.15, 0.2) is 23.6 Å². The molecule has 0 saturated carbocycles. The van der Waals surface area contributed by atoms with Gasteiger partial charge in [0.15, 0.2) is 0 Å². The van der Waals surface area contributed by atoms with Gasteiger partial charge >= 0.3 is 0 Å². The van der Waals surface area contributed by atoms with Crippen LogP contribution in [0.1, 0.15) is 23.4 Å². The minimum Gasteiger partial charge on any atom is -0.399 e. The van der Waals surface area contributed by atoms with Crippen molar-refractivity contribution in [2.24, 2.45) is 0 Å². The van der Waals surface area contributed by atoms with Crippen LogP contribution in [0.25, 0.3) is 0 Å². The highest BCUT2D eigenvalue weighted by molar-refractivity contribution is 7.10. The molecule has 1 aliphatic rings. The maximum Gasteiger partial charge on any atom is 0.0751 e. The lowest BCUT2D eigenvalue weighted by Crippen LogP contribution is -2.33. The fraction of sp³-hybridized carbons (Fsp3) is 0.286. The predicted molar refractivity (Wildman–Crippen MR) is 84.7 cm³/mol. The summed E-state index contributed by atoms with van der Waals surface area (Å²) in [5, 5.41) is 3.39. The number of nitrogens with zero attached hydrogens (tertiary/aromatic N) is 1. The smallest absolute Gasteiger partial charge is 0.0751 e. The molecule has 1 aromatic heterocycles. The Morgan fingerprint density at radius 2 is 2.00 bits per heavy atom. The van der Waals surface area contributed by atoms with E-state index in [1.807, 2.05) is 11.3 Å². The second-order valence-corrected chi connectivity index (χ2v) is 6.57. The average molecular weight is 313 g/mol. The Kier molecular flexibility index (Phi) is 3.37. The fourth-order valence-corrected chi connectivity index (χ4v) is 4.36. The van der Waals surface area contributed by atoms with Crippen LogP contribution in [0.5, 0.6) is 0 Å². The molecule has 0 radical (unpaired) electrons. The Morgan fingerprint density at radius 1 is 1.32 bits per heavy atom. The van der Waals surface area contributed by atoms with E-state index in [1.54, 1.807) is 12.1 Å². The molecule has 1 aromatic carbocycles. The van der Waals surface area contributed by atoms with E-state index in [0.717, 1.165) is 18.7 Å². The van der Waals surface area contributed by atoms with E-state index in [2.05, 4.69) is 23.3 Å². The molecule has 2 aromatic rings. The molecule has 0 aliphatic carbocycles. The molecule has 2 N–H and O–H groups in total. The first-order valence-electron chi connectivity index (χ1n) is 6.15. The first-order valence-corrected chi connectivity index (χ1v) is 7.79. The highest BCUT2D eigenvalue weighted by atomic mass is 35.5. The van der Waals surface area contributed by atoms with Crippen LogP contribution in [-0.4, -0.2) is 6.54 Å². The summed E-state index contributed by atoms with van der Waals surface area (Å²) in [6.45, 7) is 3.12. The van der Waals surface area contributed by atoms with Gasteiger partial charge in [-0.1, -0.05) is 23.2 Å². The van der Waals surface area contributed by atoms with Crippen LogP contribution in [-0.2, 0) is 6.42 Å². The van der Waals surface area contributed by atoms with Crippen LogP contribution < -0.4 is 10.6 Å². The molecule has 0 fully saturated rings. The summed E-state index contributed by atoms with van der Waals surface area (Å²) >= 11 is 14.5. The molecule has 5 heteroatoms. The van der Waals surface area contributed by atoms with E-state index >= 15 is 0 Å². The van der Waals surface area contributed by atoms with Crippen molar-refractivity contribution in [3.8, 4) is 0 Å². The van der Waals surface area contributed by atoms with Gasteiger partial charge in [-0.15, -0.1) is 11.3 Å². The molecule has 1 aliphatic heterocycles. The quantitative estimate of drug-likeness (QED) is 0.769. The van der Waals surface area contributed by atoms with Gasteiger partial charge in [-0.3, -0.25) is 0 Å². The van der Waals surface area contributed by atoms with Crippen LogP contribution >= 0.6 is 34.5 Å². The van der Waals surface area contributed by atoms with Gasteiger partial charge < -0.3 is 10.6 Å². The Labute approximate surface area is 126 Å². The predicted octanol–water partition coefficient (Wildman–Crippen LogP) is 4.76. The van der Waals surface area contributed by atoms with E-state index in [-0.39, 0.29) is 6.04 Å². The standard InChI is InChI=1S/C14H14Cl2N2S/c1-8-10-3-5-19-13(10)2-4-18(8)14-11(15)6-9(17)7-12(14)16/h3,5-8H,2,4,17H2,1H3. The van der Waals surface area contributed by atoms with E-state index in [9.17, 15) is 0 Å². The van der Waals surface area contributed by atoms with E-state index < -0.39 is 0 Å². The summed E-state index contributed by atoms with van der Waals surface area (Å²) in [6, 6.07) is 6.00. The van der Waals surface area contributed by atoms with Crippen molar-refractivity contribution >= 4 is 45.9 Å². The van der Waals surface area contributed by atoms with Crippen molar-refractivity contribution in [3.05, 3.63) is 44.1 Å². The summed E-state index contributed by atoms with van der Waals surface area (Å²) < 4.78 is 0. The first kappa shape index (κ1) is 13.1. The molecular formula is C14H14Cl2N2S. The maximum atomic E-state index is 6.33. The van der Waals surface area contributed by atoms with E-state index in [4.69, 9.17) is 28.9 Å². The minimum absolute atomic E-state index is 0.286. The van der Waals surface area contributed by atoms with Crippen LogP contribution in [0.4, 0.5) is 11.4 Å². The Balaban J connectivity index is 2.05. The number of thiophene rings is 1. The Hall–Kier alpha value is -0.900. The number of anilines is 2. The molecule has 19 heavy (non-hydrogen) atoms. The summed E-state index contributed by atoms with van der Waals surface area (Å²) in [7, 11) is 0. The number of hydrogen-bond acceptors (Lipinski definition) is 3. The van der Waals surface area contributed by atoms with Gasteiger partial charge in [-0.05, 0) is 42.5 Å². The third-order valence-corrected chi connectivity index (χ3v) is 5.18. The molecule has 0 saturated heterocycles. The number of rotatable bonds is 1. The molecule has 0 amide bonds. The van der Waals surface area contributed by atoms with Gasteiger partial charge in [0.2, 0.25) is 0 Å². The molecule has 100 valence electrons. The van der Waals surface area contributed by atoms with Gasteiger partial charge in [0.25, 0.3) is 0 Å². The van der Waals surface area contributed by atoms with Crippen molar-refractivity contribution in [2.45, 2.75) is 19.4 Å². The number of nitrogens with two attached hydrogens (primary N) is 1. The molecule has 1 atom stereocenters. The molecule has 0 spiro atoms. The number of halogens is 2. The van der Waals surface area contributed by atoms with Crippen LogP contribution in [0.3, 0.4) is 0 Å². The molecule has 0 bridgehead atoms. The first-order chi connectivity index (χ1) is 9.08. The zero-order valence-corrected chi connectivity index (χ0v) is 12.8. The summed E-state index contributed by atoms with van der Waals surface area (Å²) in [6.07, 6.45) is 1.04. The number of benzene rings is 1. The molecule has 1 unspecified atom stereocenters. The van der Waals surface area contributed by atoms with Crippen molar-refractivity contribution in [1.82, 2.24) is 0 Å². The normalized spacial score (nSPS) is 18.5. The van der Waals surface area contributed by atoms with E-state index in [0.29, 0.717) is 15.7 Å². The van der Waals surface area contributed by atoms with Gasteiger partial charge in [-0.2, -0.15) is 0 Å². The number of fused-ring (bicyclic) bond motifs is 1. The van der Waals surface area contributed by atoms with Gasteiger partial charge in [-0.25, -0.2) is 0 Å². The summed E-state index contributed by atoms with van der Waals surface area (Å²) in [5.74, 6) is 0. The Morgan fingerprint density at radius 3 is 2.68 bits per heavy atom. The highest BCUT2D eigenvalue weighted by Crippen LogP contribution is 2.43. The van der Waals surface area contributed by atoms with Crippen LogP contribution in [0.2, 0.25) is 10.0 Å². The molecular weight excluding hydrogens is 299 g/mol. The largest absolute Gasteiger partial charge is 0.399 e. The molecule has 3 rings (SSSR count). The highest BCUT2D eigenvalue weighted by Gasteiger charge is 2.27. The lowest BCUT2D eigenvalue weighted by molar-refractivity contribution is 0.633. The monoisotopic (exact) mass is 312 g/mol. The lowest BCUT2D eigenvalue weighted by atomic mass is 10.0. The van der Waals surface area contributed by atoms with Gasteiger partial charge in [0.1, 0.15) is 0 Å². The SMILES string of the molecule is CC1c2ccsc2CCN1c1c(Cl)cc(N)cc1Cl. The van der Waals surface area contributed by atoms with Crippen molar-refractivity contribution in [1.29, 1.82) is 0 Å². The van der Waals surface area contributed by atoms with Crippen molar-refractivity contribution in [2.75, 3.05) is 17.2 Å². The third-order valence-electron chi connectivity index (χ3n) is 3.60. The van der Waals surface area contributed by atoms with Crippen LogP contribution in [0, 0.1) is 0 Å². The second kappa shape index (κ2) is 4.89. The molecule has 2 nitrogen and oxygen atoms in total. The minimum atomic E-state index is 0.286. The second-order valence-electron chi connectivity index (χ2n) is 4.75. The fourth-order valence-electron chi connectivity index (χ4n) is 2.67. The summed E-state index contributed by atoms with van der Waals surface area (Å²) in [5.41, 5.74) is 8.63. The number of nitrogen functional groups attached to an aromatic ring is 1. The van der Waals surface area contributed by atoms with Crippen molar-refractivity contribution < 1.29 is 0 Å². The Bertz CT molecular complexity index is 601. The maximum absolute atomic E-state index is 6.33. The molecule has 2 heterocycles. The van der Waals surface area contributed by atoms with E-state index in [1.165, 1.54) is 10.4 Å². The lowest BCUT2D eigenvalue weighted by Gasteiger charge is -2.36. The summed E-state index contributed by atoms with van der Waals surface area (Å²) in [4.78, 5) is 3.73. The topological polar surface area (TPSA) is 29.3 Å².